The van der Waals surface area contributed by atoms with Gasteiger partial charge in [-0.3, -0.25) is 0 Å². The van der Waals surface area contributed by atoms with Crippen LogP contribution in [0, 0.1) is 6.92 Å². The van der Waals surface area contributed by atoms with Crippen LogP contribution >= 0.6 is 0 Å². The summed E-state index contributed by atoms with van der Waals surface area (Å²) in [4.78, 5) is 8.46. The Hall–Kier alpha value is -3.60. The van der Waals surface area contributed by atoms with Crippen molar-refractivity contribution in [1.82, 2.24) is 9.97 Å². The zero-order valence-corrected chi connectivity index (χ0v) is 14.3. The van der Waals surface area contributed by atoms with Crippen LogP contribution < -0.4 is 15.8 Å². The van der Waals surface area contributed by atoms with Gasteiger partial charge >= 0.3 is 0 Å². The molecule has 0 saturated carbocycles. The molecule has 0 amide bonds. The van der Waals surface area contributed by atoms with Crippen LogP contribution in [0.4, 0.5) is 17.2 Å². The lowest BCUT2D eigenvalue weighted by molar-refractivity contribution is 0.470. The number of nitrogens with zero attached hydrogens (tertiary/aromatic N) is 2. The molecular formula is C21H18N4O. The van der Waals surface area contributed by atoms with Crippen molar-refractivity contribution in [2.24, 2.45) is 0 Å². The zero-order chi connectivity index (χ0) is 17.9. The van der Waals surface area contributed by atoms with Crippen molar-refractivity contribution in [2.75, 3.05) is 11.1 Å². The van der Waals surface area contributed by atoms with Gasteiger partial charge in [-0.05, 0) is 30.0 Å². The molecule has 0 unspecified atom stereocenters. The van der Waals surface area contributed by atoms with Crippen LogP contribution in [0.15, 0.2) is 73.1 Å². The Morgan fingerprint density at radius 3 is 2.54 bits per heavy atom. The average molecular weight is 342 g/mol. The number of nitrogens with one attached hydrogen (secondary N) is 1. The van der Waals surface area contributed by atoms with E-state index in [9.17, 15) is 0 Å². The topological polar surface area (TPSA) is 73.1 Å². The Kier molecular flexibility index (Phi) is 4.11. The molecule has 4 aromatic rings. The molecule has 0 aliphatic rings. The fraction of sp³-hybridized carbons (Fsp3) is 0.0476. The highest BCUT2D eigenvalue weighted by Crippen LogP contribution is 2.34. The third kappa shape index (κ3) is 3.02. The second-order valence-electron chi connectivity index (χ2n) is 5.96. The van der Waals surface area contributed by atoms with Gasteiger partial charge in [0.1, 0.15) is 17.8 Å². The van der Waals surface area contributed by atoms with Gasteiger partial charge in [-0.1, -0.05) is 54.6 Å². The second kappa shape index (κ2) is 6.72. The van der Waals surface area contributed by atoms with Crippen LogP contribution in [-0.4, -0.2) is 9.97 Å². The normalized spacial score (nSPS) is 10.7. The highest BCUT2D eigenvalue weighted by Gasteiger charge is 2.12. The van der Waals surface area contributed by atoms with Gasteiger partial charge in [0.25, 0.3) is 0 Å². The summed E-state index contributed by atoms with van der Waals surface area (Å²) >= 11 is 0. The van der Waals surface area contributed by atoms with Crippen molar-refractivity contribution < 1.29 is 4.74 Å². The Morgan fingerprint density at radius 1 is 0.885 bits per heavy atom. The summed E-state index contributed by atoms with van der Waals surface area (Å²) in [6, 6.07) is 21.8. The second-order valence-corrected chi connectivity index (χ2v) is 5.96. The van der Waals surface area contributed by atoms with Gasteiger partial charge in [-0.15, -0.1) is 0 Å². The van der Waals surface area contributed by atoms with Gasteiger partial charge in [-0.25, -0.2) is 4.98 Å². The third-order valence-electron chi connectivity index (χ3n) is 4.20. The van der Waals surface area contributed by atoms with Gasteiger partial charge < -0.3 is 15.8 Å². The first-order valence-corrected chi connectivity index (χ1v) is 8.31. The number of rotatable bonds is 4. The first kappa shape index (κ1) is 15.9. The van der Waals surface area contributed by atoms with Crippen molar-refractivity contribution in [1.29, 1.82) is 0 Å². The molecule has 1 heterocycles. The number of fused-ring (bicyclic) bond motifs is 1. The largest absolute Gasteiger partial charge is 0.436 e. The molecule has 0 saturated heterocycles. The molecule has 3 N–H and O–H groups in total. The van der Waals surface area contributed by atoms with E-state index in [1.165, 1.54) is 6.33 Å². The molecule has 26 heavy (non-hydrogen) atoms. The quantitative estimate of drug-likeness (QED) is 0.542. The van der Waals surface area contributed by atoms with E-state index in [0.29, 0.717) is 23.1 Å². The Bertz CT molecular complexity index is 1070. The molecule has 0 spiro atoms. The van der Waals surface area contributed by atoms with Crippen LogP contribution in [-0.2, 0) is 0 Å². The lowest BCUT2D eigenvalue weighted by atomic mass is 10.1. The zero-order valence-electron chi connectivity index (χ0n) is 14.3. The number of benzene rings is 3. The fourth-order valence-corrected chi connectivity index (χ4v) is 2.79. The van der Waals surface area contributed by atoms with Crippen LogP contribution in [0.2, 0.25) is 0 Å². The SMILES string of the molecule is Cc1ccccc1Nc1ncnc(Oc2cccc3ccccc23)c1N. The van der Waals surface area contributed by atoms with E-state index in [1.807, 2.05) is 73.7 Å². The first-order chi connectivity index (χ1) is 12.7. The number of hydrogen-bond acceptors (Lipinski definition) is 5. The van der Waals surface area contributed by atoms with Gasteiger partial charge in [0.15, 0.2) is 5.82 Å². The summed E-state index contributed by atoms with van der Waals surface area (Å²) in [5.41, 5.74) is 8.66. The van der Waals surface area contributed by atoms with Crippen LogP contribution in [0.5, 0.6) is 11.6 Å². The first-order valence-electron chi connectivity index (χ1n) is 8.31. The number of ether oxygens (including phenoxy) is 1. The molecule has 0 radical (unpaired) electrons. The number of anilines is 3. The van der Waals surface area contributed by atoms with Crippen LogP contribution in [0.25, 0.3) is 10.8 Å². The van der Waals surface area contributed by atoms with Crippen molar-refractivity contribution >= 4 is 28.0 Å². The maximum absolute atomic E-state index is 6.26. The summed E-state index contributed by atoms with van der Waals surface area (Å²) in [6.07, 6.45) is 1.44. The van der Waals surface area contributed by atoms with Gasteiger partial charge in [-0.2, -0.15) is 4.98 Å². The summed E-state index contributed by atoms with van der Waals surface area (Å²) in [6.45, 7) is 2.02. The fourth-order valence-electron chi connectivity index (χ4n) is 2.79. The maximum atomic E-state index is 6.26. The molecule has 0 bridgehead atoms. The number of hydrogen-bond donors (Lipinski definition) is 2. The summed E-state index contributed by atoms with van der Waals surface area (Å²) in [5.74, 6) is 1.55. The van der Waals surface area contributed by atoms with Crippen LogP contribution in [0.3, 0.4) is 0 Å². The standard InChI is InChI=1S/C21H18N4O/c1-14-7-2-5-11-17(14)25-20-19(22)21(24-13-23-20)26-18-12-6-9-15-8-3-4-10-16(15)18/h2-13H,22H2,1H3,(H,23,24,25). The van der Waals surface area contributed by atoms with Gasteiger partial charge in [0, 0.05) is 11.1 Å². The van der Waals surface area contributed by atoms with E-state index in [0.717, 1.165) is 22.0 Å². The van der Waals surface area contributed by atoms with Crippen molar-refractivity contribution in [3.63, 3.8) is 0 Å². The van der Waals surface area contributed by atoms with Gasteiger partial charge in [0.05, 0.1) is 0 Å². The lowest BCUT2D eigenvalue weighted by Crippen LogP contribution is -2.04. The molecular weight excluding hydrogens is 324 g/mol. The minimum Gasteiger partial charge on any atom is -0.436 e. The molecule has 128 valence electrons. The number of aryl methyl sites for hydroxylation is 1. The van der Waals surface area contributed by atoms with Crippen molar-refractivity contribution in [2.45, 2.75) is 6.92 Å². The van der Waals surface area contributed by atoms with E-state index in [-0.39, 0.29) is 0 Å². The molecule has 0 aliphatic carbocycles. The highest BCUT2D eigenvalue weighted by atomic mass is 16.5. The Labute approximate surface area is 151 Å². The predicted molar refractivity (Wildman–Crippen MR) is 105 cm³/mol. The molecule has 0 fully saturated rings. The van der Waals surface area contributed by atoms with E-state index in [2.05, 4.69) is 15.3 Å². The Balaban J connectivity index is 1.69. The summed E-state index contributed by atoms with van der Waals surface area (Å²) in [5, 5.41) is 5.34. The highest BCUT2D eigenvalue weighted by molar-refractivity contribution is 5.88. The van der Waals surface area contributed by atoms with E-state index in [4.69, 9.17) is 10.5 Å². The molecule has 3 aromatic carbocycles. The molecule has 0 atom stereocenters. The predicted octanol–water partition coefficient (Wildman–Crippen LogP) is 5.06. The van der Waals surface area contributed by atoms with E-state index in [1.54, 1.807) is 0 Å². The van der Waals surface area contributed by atoms with E-state index < -0.39 is 0 Å². The summed E-state index contributed by atoms with van der Waals surface area (Å²) in [7, 11) is 0. The molecule has 0 aliphatic heterocycles. The van der Waals surface area contributed by atoms with Crippen molar-refractivity contribution in [3.8, 4) is 11.6 Å². The number of nitrogens with two attached hydrogens (primary N) is 1. The smallest absolute Gasteiger partial charge is 0.248 e. The number of aromatic nitrogens is 2. The van der Waals surface area contributed by atoms with Crippen molar-refractivity contribution in [3.05, 3.63) is 78.6 Å². The molecule has 1 aromatic heterocycles. The minimum atomic E-state index is 0.326. The third-order valence-corrected chi connectivity index (χ3v) is 4.20. The number of nitrogen functional groups attached to an aromatic ring is 1. The maximum Gasteiger partial charge on any atom is 0.248 e. The number of para-hydroxylation sites is 1. The molecule has 4 rings (SSSR count). The Morgan fingerprint density at radius 2 is 1.65 bits per heavy atom. The average Bonchev–Trinajstić information content (AvgIpc) is 2.67. The monoisotopic (exact) mass is 342 g/mol. The van der Waals surface area contributed by atoms with Gasteiger partial charge in [0.2, 0.25) is 5.88 Å². The van der Waals surface area contributed by atoms with E-state index >= 15 is 0 Å². The molecule has 5 heteroatoms. The lowest BCUT2D eigenvalue weighted by Gasteiger charge is -2.14. The molecule has 5 nitrogen and oxygen atoms in total. The van der Waals surface area contributed by atoms with Crippen LogP contribution in [0.1, 0.15) is 5.56 Å². The summed E-state index contributed by atoms with van der Waals surface area (Å²) < 4.78 is 6.01. The minimum absolute atomic E-state index is 0.326.